The lowest BCUT2D eigenvalue weighted by Crippen LogP contribution is -2.24. The number of rotatable bonds is 3. The van der Waals surface area contributed by atoms with Crippen LogP contribution in [0, 0.1) is 11.8 Å². The maximum atomic E-state index is 8.40. The number of unbranched alkanes of at least 4 members (excludes halogenated alkanes) is 1. The van der Waals surface area contributed by atoms with Crippen LogP contribution >= 0.6 is 0 Å². The highest BCUT2D eigenvalue weighted by Gasteiger charge is 2.29. The van der Waals surface area contributed by atoms with Gasteiger partial charge < -0.3 is 14.6 Å². The molecular weight excluding hydrogens is 168 g/mol. The average molecular weight is 184 g/mol. The molecule has 0 spiro atoms. The highest BCUT2D eigenvalue weighted by molar-refractivity contribution is 4.98. The monoisotopic (exact) mass is 184 g/mol. The standard InChI is InChI=1S/C10H16O3/c1-10(12-8-9-13-10)6-4-2-3-5-7-11/h11H,2,4,6-9H2,1H3. The molecule has 0 aromatic heterocycles. The molecule has 0 aliphatic carbocycles. The summed E-state index contributed by atoms with van der Waals surface area (Å²) in [6, 6.07) is 0. The van der Waals surface area contributed by atoms with Crippen molar-refractivity contribution in [1.29, 1.82) is 0 Å². The summed E-state index contributed by atoms with van der Waals surface area (Å²) in [5.41, 5.74) is 0. The Morgan fingerprint density at radius 3 is 2.62 bits per heavy atom. The van der Waals surface area contributed by atoms with E-state index >= 15 is 0 Å². The van der Waals surface area contributed by atoms with E-state index in [0.29, 0.717) is 13.2 Å². The van der Waals surface area contributed by atoms with E-state index in [1.165, 1.54) is 0 Å². The Bertz CT molecular complexity index is 196. The minimum atomic E-state index is -0.388. The predicted molar refractivity (Wildman–Crippen MR) is 49.0 cm³/mol. The fourth-order valence-electron chi connectivity index (χ4n) is 1.34. The fraction of sp³-hybridized carbons (Fsp3) is 0.800. The van der Waals surface area contributed by atoms with E-state index in [9.17, 15) is 0 Å². The third-order valence-electron chi connectivity index (χ3n) is 2.03. The van der Waals surface area contributed by atoms with E-state index in [-0.39, 0.29) is 12.4 Å². The summed E-state index contributed by atoms with van der Waals surface area (Å²) in [4.78, 5) is 0. The van der Waals surface area contributed by atoms with Crippen LogP contribution in [0.15, 0.2) is 0 Å². The van der Waals surface area contributed by atoms with Gasteiger partial charge in [-0.3, -0.25) is 0 Å². The lowest BCUT2D eigenvalue weighted by atomic mass is 10.1. The third kappa shape index (κ3) is 3.77. The molecule has 1 rings (SSSR count). The Hall–Kier alpha value is -0.560. The number of aliphatic hydroxyl groups excluding tert-OH is 1. The predicted octanol–water partition coefficient (Wildman–Crippen LogP) is 0.915. The van der Waals surface area contributed by atoms with E-state index in [1.807, 2.05) is 6.92 Å². The Kier molecular flexibility index (Phi) is 4.23. The summed E-state index contributed by atoms with van der Waals surface area (Å²) in [7, 11) is 0. The molecule has 0 atom stereocenters. The summed E-state index contributed by atoms with van der Waals surface area (Å²) in [5, 5.41) is 8.40. The Balaban J connectivity index is 2.11. The van der Waals surface area contributed by atoms with Gasteiger partial charge in [0.15, 0.2) is 5.79 Å². The SMILES string of the molecule is CC1(CCCC#CCO)OCCO1. The molecule has 0 aromatic carbocycles. The first kappa shape index (κ1) is 10.5. The Morgan fingerprint density at radius 2 is 2.00 bits per heavy atom. The van der Waals surface area contributed by atoms with Crippen molar-refractivity contribution in [1.82, 2.24) is 0 Å². The van der Waals surface area contributed by atoms with Crippen LogP contribution < -0.4 is 0 Å². The third-order valence-corrected chi connectivity index (χ3v) is 2.03. The molecular formula is C10H16O3. The summed E-state index contributed by atoms with van der Waals surface area (Å²) in [6.07, 6.45) is 2.61. The van der Waals surface area contributed by atoms with Gasteiger partial charge in [0.2, 0.25) is 0 Å². The molecule has 74 valence electrons. The molecule has 0 aromatic rings. The van der Waals surface area contributed by atoms with E-state index in [1.54, 1.807) is 0 Å². The second kappa shape index (κ2) is 5.23. The van der Waals surface area contributed by atoms with Gasteiger partial charge >= 0.3 is 0 Å². The van der Waals surface area contributed by atoms with Gasteiger partial charge in [0.25, 0.3) is 0 Å². The van der Waals surface area contributed by atoms with Gasteiger partial charge in [0.1, 0.15) is 6.61 Å². The molecule has 3 heteroatoms. The smallest absolute Gasteiger partial charge is 0.165 e. The number of hydrogen-bond acceptors (Lipinski definition) is 3. The van der Waals surface area contributed by atoms with E-state index in [4.69, 9.17) is 14.6 Å². The lowest BCUT2D eigenvalue weighted by Gasteiger charge is -2.21. The van der Waals surface area contributed by atoms with Crippen LogP contribution in [0.5, 0.6) is 0 Å². The van der Waals surface area contributed by atoms with Crippen molar-refractivity contribution < 1.29 is 14.6 Å². The molecule has 3 nitrogen and oxygen atoms in total. The minimum absolute atomic E-state index is 0.0513. The van der Waals surface area contributed by atoms with E-state index < -0.39 is 0 Å². The zero-order valence-electron chi connectivity index (χ0n) is 8.01. The fourth-order valence-corrected chi connectivity index (χ4v) is 1.34. The van der Waals surface area contributed by atoms with Gasteiger partial charge in [-0.15, -0.1) is 5.92 Å². The number of hydrogen-bond donors (Lipinski definition) is 1. The van der Waals surface area contributed by atoms with Crippen LogP contribution in [-0.4, -0.2) is 30.7 Å². The lowest BCUT2D eigenvalue weighted by molar-refractivity contribution is -0.147. The summed E-state index contributed by atoms with van der Waals surface area (Å²) >= 11 is 0. The van der Waals surface area contributed by atoms with E-state index in [0.717, 1.165) is 19.3 Å². The molecule has 13 heavy (non-hydrogen) atoms. The molecule has 0 saturated carbocycles. The highest BCUT2D eigenvalue weighted by Crippen LogP contribution is 2.24. The molecule has 1 fully saturated rings. The van der Waals surface area contributed by atoms with Gasteiger partial charge in [-0.1, -0.05) is 5.92 Å². The van der Waals surface area contributed by atoms with Crippen molar-refractivity contribution in [2.24, 2.45) is 0 Å². The van der Waals surface area contributed by atoms with Crippen LogP contribution in [0.25, 0.3) is 0 Å². The van der Waals surface area contributed by atoms with Crippen molar-refractivity contribution in [2.75, 3.05) is 19.8 Å². The van der Waals surface area contributed by atoms with Gasteiger partial charge in [0, 0.05) is 12.8 Å². The topological polar surface area (TPSA) is 38.7 Å². The average Bonchev–Trinajstić information content (AvgIpc) is 2.53. The first-order chi connectivity index (χ1) is 6.27. The largest absolute Gasteiger partial charge is 0.384 e. The summed E-state index contributed by atoms with van der Waals surface area (Å²) < 4.78 is 10.9. The first-order valence-corrected chi connectivity index (χ1v) is 4.61. The van der Waals surface area contributed by atoms with Crippen LogP contribution in [-0.2, 0) is 9.47 Å². The van der Waals surface area contributed by atoms with Gasteiger partial charge in [0.05, 0.1) is 13.2 Å². The Labute approximate surface area is 79.0 Å². The number of ether oxygens (including phenoxy) is 2. The zero-order chi connectivity index (χ0) is 9.57. The van der Waals surface area contributed by atoms with Crippen molar-refractivity contribution in [3.05, 3.63) is 0 Å². The van der Waals surface area contributed by atoms with Gasteiger partial charge in [-0.25, -0.2) is 0 Å². The quantitative estimate of drug-likeness (QED) is 0.523. The molecule has 0 amide bonds. The van der Waals surface area contributed by atoms with Crippen LogP contribution in [0.3, 0.4) is 0 Å². The molecule has 0 bridgehead atoms. The normalized spacial score (nSPS) is 19.5. The first-order valence-electron chi connectivity index (χ1n) is 4.61. The molecule has 1 aliphatic heterocycles. The molecule has 1 N–H and O–H groups in total. The van der Waals surface area contributed by atoms with Crippen LogP contribution in [0.1, 0.15) is 26.2 Å². The van der Waals surface area contributed by atoms with Gasteiger partial charge in [-0.05, 0) is 13.3 Å². The molecule has 0 radical (unpaired) electrons. The summed E-state index contributed by atoms with van der Waals surface area (Å²) in [5.74, 6) is 5.09. The van der Waals surface area contributed by atoms with E-state index in [2.05, 4.69) is 11.8 Å². The maximum Gasteiger partial charge on any atom is 0.165 e. The second-order valence-electron chi connectivity index (χ2n) is 3.20. The minimum Gasteiger partial charge on any atom is -0.384 e. The highest BCUT2D eigenvalue weighted by atomic mass is 16.7. The van der Waals surface area contributed by atoms with Crippen LogP contribution in [0.2, 0.25) is 0 Å². The van der Waals surface area contributed by atoms with Crippen LogP contribution in [0.4, 0.5) is 0 Å². The van der Waals surface area contributed by atoms with Crippen molar-refractivity contribution in [2.45, 2.75) is 32.0 Å². The molecule has 1 heterocycles. The van der Waals surface area contributed by atoms with Gasteiger partial charge in [-0.2, -0.15) is 0 Å². The van der Waals surface area contributed by atoms with Crippen molar-refractivity contribution in [3.63, 3.8) is 0 Å². The zero-order valence-corrected chi connectivity index (χ0v) is 8.01. The van der Waals surface area contributed by atoms with Crippen molar-refractivity contribution >= 4 is 0 Å². The molecule has 0 unspecified atom stereocenters. The maximum absolute atomic E-state index is 8.40. The van der Waals surface area contributed by atoms with Crippen molar-refractivity contribution in [3.8, 4) is 11.8 Å². The molecule has 1 saturated heterocycles. The summed E-state index contributed by atoms with van der Waals surface area (Å²) in [6.45, 7) is 3.29. The number of aliphatic hydroxyl groups is 1. The Morgan fingerprint density at radius 1 is 1.31 bits per heavy atom. The molecule has 1 aliphatic rings. The second-order valence-corrected chi connectivity index (χ2v) is 3.20.